The second-order valence-corrected chi connectivity index (χ2v) is 8.17. The predicted molar refractivity (Wildman–Crippen MR) is 107 cm³/mol. The monoisotopic (exact) mass is 365 g/mol. The molecule has 4 nitrogen and oxygen atoms in total. The summed E-state index contributed by atoms with van der Waals surface area (Å²) in [4.78, 5) is 27.4. The molecule has 1 rings (SSSR count). The maximum absolute atomic E-state index is 13.1. The van der Waals surface area contributed by atoms with E-state index in [1.54, 1.807) is 0 Å². The minimum atomic E-state index is -0.150. The van der Waals surface area contributed by atoms with Crippen LogP contribution in [0.4, 0.5) is 0 Å². The van der Waals surface area contributed by atoms with E-state index in [9.17, 15) is 9.59 Å². The van der Waals surface area contributed by atoms with E-state index in [0.29, 0.717) is 12.8 Å². The second kappa shape index (κ2) is 10.7. The molecule has 1 heterocycles. The summed E-state index contributed by atoms with van der Waals surface area (Å²) in [5.41, 5.74) is 0.847. The van der Waals surface area contributed by atoms with Crippen molar-refractivity contribution in [3.05, 3.63) is 11.8 Å². The number of allylic oxidation sites excluding steroid dienone is 1. The number of Topliss-reactive ketones (excluding diaryl/α,β-unsaturated/α-hetero) is 1. The standard InChI is InChI=1S/C22H39NO3/c1-7-11-20(26-21(25)12-8-2)17(9-3)15-19(24)18-16-23(10-4)14-13-22(18,5)6/h16-17,20H,7-15H2,1-6H3. The van der Waals surface area contributed by atoms with E-state index >= 15 is 0 Å². The zero-order valence-corrected chi connectivity index (χ0v) is 17.8. The minimum Gasteiger partial charge on any atom is -0.462 e. The van der Waals surface area contributed by atoms with Crippen LogP contribution in [0.3, 0.4) is 0 Å². The van der Waals surface area contributed by atoms with Crippen molar-refractivity contribution in [3.8, 4) is 0 Å². The fourth-order valence-corrected chi connectivity index (χ4v) is 3.67. The molecular weight excluding hydrogens is 326 g/mol. The number of nitrogens with zero attached hydrogens (tertiary/aromatic N) is 1. The molecule has 0 aromatic rings. The minimum absolute atomic E-state index is 0.0831. The van der Waals surface area contributed by atoms with Crippen LogP contribution >= 0.6 is 0 Å². The van der Waals surface area contributed by atoms with E-state index in [-0.39, 0.29) is 29.2 Å². The van der Waals surface area contributed by atoms with Gasteiger partial charge in [-0.15, -0.1) is 0 Å². The van der Waals surface area contributed by atoms with Crippen LogP contribution in [0.2, 0.25) is 0 Å². The van der Waals surface area contributed by atoms with Crippen molar-refractivity contribution in [2.24, 2.45) is 11.3 Å². The lowest BCUT2D eigenvalue weighted by Gasteiger charge is -2.37. The first-order chi connectivity index (χ1) is 12.3. The molecule has 0 N–H and O–H groups in total. The van der Waals surface area contributed by atoms with Gasteiger partial charge < -0.3 is 9.64 Å². The van der Waals surface area contributed by atoms with E-state index in [1.807, 2.05) is 6.92 Å². The van der Waals surface area contributed by atoms with Gasteiger partial charge in [0.1, 0.15) is 6.10 Å². The van der Waals surface area contributed by atoms with Gasteiger partial charge in [-0.1, -0.05) is 41.0 Å². The molecule has 0 radical (unpaired) electrons. The maximum Gasteiger partial charge on any atom is 0.306 e. The topological polar surface area (TPSA) is 46.6 Å². The molecule has 1 aliphatic heterocycles. The Labute approximate surface area is 160 Å². The van der Waals surface area contributed by atoms with Gasteiger partial charge in [0.2, 0.25) is 0 Å². The first kappa shape index (κ1) is 22.7. The molecule has 0 fully saturated rings. The largest absolute Gasteiger partial charge is 0.462 e. The predicted octanol–water partition coefficient (Wildman–Crippen LogP) is 5.12. The average molecular weight is 366 g/mol. The van der Waals surface area contributed by atoms with Crippen LogP contribution in [0.5, 0.6) is 0 Å². The van der Waals surface area contributed by atoms with Crippen molar-refractivity contribution >= 4 is 11.8 Å². The number of ether oxygens (including phenoxy) is 1. The summed E-state index contributed by atoms with van der Waals surface area (Å²) in [5, 5.41) is 0. The average Bonchev–Trinajstić information content (AvgIpc) is 2.59. The third-order valence-electron chi connectivity index (χ3n) is 5.58. The number of ketones is 1. The molecule has 0 saturated carbocycles. The fraction of sp³-hybridized carbons (Fsp3) is 0.818. The Morgan fingerprint density at radius 2 is 1.88 bits per heavy atom. The summed E-state index contributed by atoms with van der Waals surface area (Å²) in [6.45, 7) is 14.5. The Hall–Kier alpha value is -1.32. The molecule has 0 bridgehead atoms. The Kier molecular flexibility index (Phi) is 9.38. The van der Waals surface area contributed by atoms with Gasteiger partial charge in [-0.25, -0.2) is 0 Å². The zero-order valence-electron chi connectivity index (χ0n) is 17.8. The van der Waals surface area contributed by atoms with Gasteiger partial charge in [-0.05, 0) is 38.0 Å². The van der Waals surface area contributed by atoms with E-state index in [4.69, 9.17) is 4.74 Å². The number of esters is 1. The van der Waals surface area contributed by atoms with Crippen molar-refractivity contribution in [2.75, 3.05) is 13.1 Å². The number of carbonyl (C=O) groups excluding carboxylic acids is 2. The lowest BCUT2D eigenvalue weighted by Crippen LogP contribution is -2.36. The molecule has 0 aromatic carbocycles. The SMILES string of the molecule is CCCC(=O)OC(CCC)C(CC)CC(=O)C1=CN(CC)CCC1(C)C. The van der Waals surface area contributed by atoms with Crippen molar-refractivity contribution in [3.63, 3.8) is 0 Å². The maximum atomic E-state index is 13.1. The van der Waals surface area contributed by atoms with Gasteiger partial charge in [0.05, 0.1) is 0 Å². The zero-order chi connectivity index (χ0) is 19.7. The van der Waals surface area contributed by atoms with Gasteiger partial charge in [-0.2, -0.15) is 0 Å². The highest BCUT2D eigenvalue weighted by Crippen LogP contribution is 2.37. The molecular formula is C22H39NO3. The van der Waals surface area contributed by atoms with Crippen molar-refractivity contribution in [2.45, 2.75) is 92.6 Å². The normalized spacial score (nSPS) is 18.8. The molecule has 1 aliphatic rings. The second-order valence-electron chi connectivity index (χ2n) is 8.17. The lowest BCUT2D eigenvalue weighted by atomic mass is 9.75. The van der Waals surface area contributed by atoms with Crippen molar-refractivity contribution in [1.82, 2.24) is 4.90 Å². The Balaban J connectivity index is 2.90. The lowest BCUT2D eigenvalue weighted by molar-refractivity contribution is -0.153. The van der Waals surface area contributed by atoms with Gasteiger partial charge in [0.15, 0.2) is 5.78 Å². The smallest absolute Gasteiger partial charge is 0.306 e. The summed E-state index contributed by atoms with van der Waals surface area (Å²) in [6, 6.07) is 0. The number of hydrogen-bond acceptors (Lipinski definition) is 4. The molecule has 4 heteroatoms. The van der Waals surface area contributed by atoms with E-state index in [0.717, 1.165) is 50.8 Å². The van der Waals surface area contributed by atoms with Gasteiger partial charge >= 0.3 is 5.97 Å². The highest BCUT2D eigenvalue weighted by atomic mass is 16.5. The number of hydrogen-bond donors (Lipinski definition) is 0. The summed E-state index contributed by atoms with van der Waals surface area (Å²) in [6.07, 6.45) is 7.25. The third kappa shape index (κ3) is 6.44. The van der Waals surface area contributed by atoms with Crippen LogP contribution in [-0.2, 0) is 14.3 Å². The Bertz CT molecular complexity index is 496. The highest BCUT2D eigenvalue weighted by molar-refractivity contribution is 5.96. The van der Waals surface area contributed by atoms with E-state index in [2.05, 4.69) is 45.7 Å². The van der Waals surface area contributed by atoms with Crippen LogP contribution < -0.4 is 0 Å². The highest BCUT2D eigenvalue weighted by Gasteiger charge is 2.34. The van der Waals surface area contributed by atoms with Crippen molar-refractivity contribution in [1.29, 1.82) is 0 Å². The molecule has 0 aromatic heterocycles. The van der Waals surface area contributed by atoms with Crippen LogP contribution in [0.1, 0.15) is 86.5 Å². The third-order valence-corrected chi connectivity index (χ3v) is 5.58. The molecule has 0 spiro atoms. The molecule has 0 amide bonds. The first-order valence-electron chi connectivity index (χ1n) is 10.5. The molecule has 150 valence electrons. The van der Waals surface area contributed by atoms with Crippen LogP contribution in [0.15, 0.2) is 11.8 Å². The van der Waals surface area contributed by atoms with Gasteiger partial charge in [0.25, 0.3) is 0 Å². The van der Waals surface area contributed by atoms with E-state index < -0.39 is 0 Å². The fourth-order valence-electron chi connectivity index (χ4n) is 3.67. The van der Waals surface area contributed by atoms with Gasteiger partial charge in [0, 0.05) is 43.6 Å². The van der Waals surface area contributed by atoms with Crippen molar-refractivity contribution < 1.29 is 14.3 Å². The molecule has 0 saturated heterocycles. The summed E-state index contributed by atoms with van der Waals surface area (Å²) < 4.78 is 5.75. The van der Waals surface area contributed by atoms with Crippen LogP contribution in [-0.4, -0.2) is 35.8 Å². The van der Waals surface area contributed by atoms with Crippen LogP contribution in [0, 0.1) is 11.3 Å². The Morgan fingerprint density at radius 1 is 1.19 bits per heavy atom. The summed E-state index contributed by atoms with van der Waals surface area (Å²) >= 11 is 0. The molecule has 2 atom stereocenters. The summed E-state index contributed by atoms with van der Waals surface area (Å²) in [5.74, 6) is 0.177. The summed E-state index contributed by atoms with van der Waals surface area (Å²) in [7, 11) is 0. The quantitative estimate of drug-likeness (QED) is 0.477. The van der Waals surface area contributed by atoms with Crippen LogP contribution in [0.25, 0.3) is 0 Å². The number of rotatable bonds is 11. The molecule has 0 aliphatic carbocycles. The Morgan fingerprint density at radius 3 is 2.42 bits per heavy atom. The van der Waals surface area contributed by atoms with Gasteiger partial charge in [-0.3, -0.25) is 9.59 Å². The number of carbonyl (C=O) groups is 2. The molecule has 2 unspecified atom stereocenters. The van der Waals surface area contributed by atoms with E-state index in [1.165, 1.54) is 0 Å². The first-order valence-corrected chi connectivity index (χ1v) is 10.5. The molecule has 26 heavy (non-hydrogen) atoms.